The third-order valence-electron chi connectivity index (χ3n) is 4.47. The standard InChI is InChI=1S/C19H25N3O5S/c1-19(2,3)27-18(23)20-8-4-9-22(12-11-20)28(25,26)17-6-5-16-14-21(24)10-7-15(16)13-17/h5-7,10,13-14H,4,8-9,11-12H2,1-3H3. The molecule has 0 aliphatic carbocycles. The summed E-state index contributed by atoms with van der Waals surface area (Å²) in [5.41, 5.74) is -0.595. The van der Waals surface area contributed by atoms with Gasteiger partial charge < -0.3 is 14.8 Å². The van der Waals surface area contributed by atoms with Crippen LogP contribution in [0.15, 0.2) is 41.6 Å². The Hall–Kier alpha value is -2.39. The van der Waals surface area contributed by atoms with Crippen LogP contribution >= 0.6 is 0 Å². The second-order valence-corrected chi connectivity index (χ2v) is 9.76. The van der Waals surface area contributed by atoms with Crippen molar-refractivity contribution in [1.29, 1.82) is 0 Å². The molecule has 1 aromatic heterocycles. The Balaban J connectivity index is 1.77. The van der Waals surface area contributed by atoms with Crippen LogP contribution in [0.1, 0.15) is 27.2 Å². The minimum atomic E-state index is -3.70. The highest BCUT2D eigenvalue weighted by Crippen LogP contribution is 2.22. The van der Waals surface area contributed by atoms with Crippen LogP contribution in [0.4, 0.5) is 4.79 Å². The van der Waals surface area contributed by atoms with Gasteiger partial charge in [-0.15, -0.1) is 0 Å². The van der Waals surface area contributed by atoms with E-state index in [9.17, 15) is 18.4 Å². The van der Waals surface area contributed by atoms with E-state index in [1.165, 1.54) is 22.8 Å². The van der Waals surface area contributed by atoms with Gasteiger partial charge in [0.15, 0.2) is 12.4 Å². The molecule has 0 atom stereocenters. The number of hydrogen-bond acceptors (Lipinski definition) is 5. The van der Waals surface area contributed by atoms with Gasteiger partial charge in [0, 0.05) is 37.6 Å². The highest BCUT2D eigenvalue weighted by atomic mass is 32.2. The lowest BCUT2D eigenvalue weighted by Gasteiger charge is -2.26. The zero-order valence-corrected chi connectivity index (χ0v) is 17.1. The summed E-state index contributed by atoms with van der Waals surface area (Å²) in [7, 11) is -3.70. The average molecular weight is 407 g/mol. The van der Waals surface area contributed by atoms with E-state index in [0.717, 1.165) is 0 Å². The molecule has 2 aromatic rings. The van der Waals surface area contributed by atoms with Crippen molar-refractivity contribution >= 4 is 26.9 Å². The normalized spacial score (nSPS) is 16.8. The molecular weight excluding hydrogens is 382 g/mol. The molecule has 152 valence electrons. The lowest BCUT2D eigenvalue weighted by molar-refractivity contribution is -0.603. The fourth-order valence-corrected chi connectivity index (χ4v) is 4.61. The minimum Gasteiger partial charge on any atom is -0.619 e. The van der Waals surface area contributed by atoms with Gasteiger partial charge in [-0.1, -0.05) is 0 Å². The predicted molar refractivity (Wildman–Crippen MR) is 104 cm³/mol. The summed E-state index contributed by atoms with van der Waals surface area (Å²) in [6, 6.07) is 6.30. The quantitative estimate of drug-likeness (QED) is 0.561. The van der Waals surface area contributed by atoms with Crippen molar-refractivity contribution in [1.82, 2.24) is 9.21 Å². The molecule has 9 heteroatoms. The zero-order chi connectivity index (χ0) is 20.5. The van der Waals surface area contributed by atoms with E-state index >= 15 is 0 Å². The molecule has 28 heavy (non-hydrogen) atoms. The summed E-state index contributed by atoms with van der Waals surface area (Å²) in [6.45, 7) is 6.65. The number of pyridine rings is 1. The molecule has 1 aliphatic heterocycles. The molecule has 0 radical (unpaired) electrons. The lowest BCUT2D eigenvalue weighted by Crippen LogP contribution is -2.40. The van der Waals surface area contributed by atoms with E-state index in [4.69, 9.17) is 4.74 Å². The number of nitrogens with zero attached hydrogens (tertiary/aromatic N) is 3. The summed E-state index contributed by atoms with van der Waals surface area (Å²) in [5.74, 6) is 0. The Morgan fingerprint density at radius 2 is 1.86 bits per heavy atom. The summed E-state index contributed by atoms with van der Waals surface area (Å²) in [5, 5.41) is 12.7. The number of benzene rings is 1. The Labute approximate surface area is 164 Å². The lowest BCUT2D eigenvalue weighted by atomic mass is 10.2. The summed E-state index contributed by atoms with van der Waals surface area (Å²) >= 11 is 0. The topological polar surface area (TPSA) is 93.9 Å². The fraction of sp³-hybridized carbons (Fsp3) is 0.474. The maximum absolute atomic E-state index is 13.1. The van der Waals surface area contributed by atoms with Crippen LogP contribution in [0.2, 0.25) is 0 Å². The second-order valence-electron chi connectivity index (χ2n) is 7.82. The molecule has 3 rings (SSSR count). The third-order valence-corrected chi connectivity index (χ3v) is 6.36. The minimum absolute atomic E-state index is 0.175. The van der Waals surface area contributed by atoms with E-state index < -0.39 is 21.7 Å². The molecule has 0 saturated carbocycles. The zero-order valence-electron chi connectivity index (χ0n) is 16.3. The van der Waals surface area contributed by atoms with E-state index in [1.807, 2.05) is 0 Å². The number of ether oxygens (including phenoxy) is 1. The van der Waals surface area contributed by atoms with Crippen LogP contribution in [0.5, 0.6) is 0 Å². The number of amides is 1. The number of hydrogen-bond donors (Lipinski definition) is 0. The molecule has 8 nitrogen and oxygen atoms in total. The van der Waals surface area contributed by atoms with E-state index in [2.05, 4.69) is 0 Å². The fourth-order valence-electron chi connectivity index (χ4n) is 3.10. The molecule has 1 aliphatic rings. The van der Waals surface area contributed by atoms with Gasteiger partial charge in [0.25, 0.3) is 0 Å². The number of rotatable bonds is 2. The van der Waals surface area contributed by atoms with Gasteiger partial charge in [-0.3, -0.25) is 0 Å². The average Bonchev–Trinajstić information content (AvgIpc) is 2.86. The molecule has 2 heterocycles. The van der Waals surface area contributed by atoms with E-state index in [1.54, 1.807) is 43.9 Å². The first-order valence-electron chi connectivity index (χ1n) is 9.17. The maximum atomic E-state index is 13.1. The van der Waals surface area contributed by atoms with Gasteiger partial charge >= 0.3 is 6.09 Å². The molecular formula is C19H25N3O5S. The molecule has 1 amide bonds. The van der Waals surface area contributed by atoms with Crippen molar-refractivity contribution in [2.24, 2.45) is 0 Å². The Kier molecular flexibility index (Phi) is 5.49. The number of fused-ring (bicyclic) bond motifs is 1. The van der Waals surface area contributed by atoms with Crippen molar-refractivity contribution in [2.45, 2.75) is 37.7 Å². The van der Waals surface area contributed by atoms with Crippen molar-refractivity contribution in [3.8, 4) is 0 Å². The van der Waals surface area contributed by atoms with Crippen molar-refractivity contribution in [3.63, 3.8) is 0 Å². The second kappa shape index (κ2) is 7.56. The molecule has 1 saturated heterocycles. The van der Waals surface area contributed by atoms with Crippen LogP contribution in [0.3, 0.4) is 0 Å². The van der Waals surface area contributed by atoms with E-state index in [-0.39, 0.29) is 18.0 Å². The predicted octanol–water partition coefficient (Wildman–Crippen LogP) is 2.10. The van der Waals surface area contributed by atoms with Crippen molar-refractivity contribution in [3.05, 3.63) is 41.9 Å². The maximum Gasteiger partial charge on any atom is 0.410 e. The number of aromatic nitrogens is 1. The first-order valence-corrected chi connectivity index (χ1v) is 10.6. The van der Waals surface area contributed by atoms with Gasteiger partial charge in [0.05, 0.1) is 4.90 Å². The van der Waals surface area contributed by atoms with Gasteiger partial charge in [0.1, 0.15) is 5.60 Å². The summed E-state index contributed by atoms with van der Waals surface area (Å²) in [6.07, 6.45) is 2.84. The smallest absolute Gasteiger partial charge is 0.410 e. The third kappa shape index (κ3) is 4.53. The molecule has 0 bridgehead atoms. The first-order chi connectivity index (χ1) is 13.1. The Bertz CT molecular complexity index is 985. The van der Waals surface area contributed by atoms with Crippen LogP contribution < -0.4 is 4.73 Å². The molecule has 1 fully saturated rings. The molecule has 0 spiro atoms. The SMILES string of the molecule is CC(C)(C)OC(=O)N1CCCN(S(=O)(=O)c2ccc3c[n+]([O-])ccc3c2)CC1. The highest BCUT2D eigenvalue weighted by molar-refractivity contribution is 7.89. The molecule has 1 aromatic carbocycles. The summed E-state index contributed by atoms with van der Waals surface area (Å²) in [4.78, 5) is 14.0. The van der Waals surface area contributed by atoms with Gasteiger partial charge in [0.2, 0.25) is 10.0 Å². The Morgan fingerprint density at radius 1 is 1.11 bits per heavy atom. The summed E-state index contributed by atoms with van der Waals surface area (Å²) < 4.78 is 33.6. The van der Waals surface area contributed by atoms with Crippen LogP contribution in [-0.4, -0.2) is 55.5 Å². The van der Waals surface area contributed by atoms with Gasteiger partial charge in [-0.2, -0.15) is 9.04 Å². The Morgan fingerprint density at radius 3 is 2.57 bits per heavy atom. The number of sulfonamides is 1. The van der Waals surface area contributed by atoms with Gasteiger partial charge in [-0.25, -0.2) is 13.2 Å². The van der Waals surface area contributed by atoms with Crippen LogP contribution in [0, 0.1) is 5.21 Å². The van der Waals surface area contributed by atoms with Crippen molar-refractivity contribution in [2.75, 3.05) is 26.2 Å². The largest absolute Gasteiger partial charge is 0.619 e. The van der Waals surface area contributed by atoms with E-state index in [0.29, 0.717) is 35.0 Å². The molecule has 0 N–H and O–H groups in total. The monoisotopic (exact) mass is 407 g/mol. The van der Waals surface area contributed by atoms with Crippen LogP contribution in [0.25, 0.3) is 10.8 Å². The first kappa shape index (κ1) is 20.3. The van der Waals surface area contributed by atoms with Gasteiger partial charge in [-0.05, 0) is 50.8 Å². The highest BCUT2D eigenvalue weighted by Gasteiger charge is 2.30. The molecule has 0 unspecified atom stereocenters. The number of carbonyl (C=O) groups excluding carboxylic acids is 1. The van der Waals surface area contributed by atoms with Crippen molar-refractivity contribution < 1.29 is 22.7 Å². The number of carbonyl (C=O) groups is 1. The van der Waals surface area contributed by atoms with Crippen LogP contribution in [-0.2, 0) is 14.8 Å².